The minimum atomic E-state index is -3.47. The first kappa shape index (κ1) is 15.2. The zero-order valence-corrected chi connectivity index (χ0v) is 12.8. The Labute approximate surface area is 115 Å². The van der Waals surface area contributed by atoms with E-state index in [1.165, 1.54) is 4.31 Å². The molecule has 6 nitrogen and oxygen atoms in total. The Morgan fingerprint density at radius 1 is 1.11 bits per heavy atom. The number of nitrogens with one attached hydrogen (secondary N) is 1. The zero-order chi connectivity index (χ0) is 14.1. The minimum absolute atomic E-state index is 0.00654. The van der Waals surface area contributed by atoms with Crippen LogP contribution < -0.4 is 5.32 Å². The average molecular weight is 310 g/mol. The maximum Gasteiger partial charge on any atom is 0.215 e. The Balaban J connectivity index is 2.05. The van der Waals surface area contributed by atoms with Gasteiger partial charge in [-0.2, -0.15) is 4.31 Å². The Kier molecular flexibility index (Phi) is 4.54. The van der Waals surface area contributed by atoms with Gasteiger partial charge in [-0.1, -0.05) is 0 Å². The SMILES string of the molecule is CS(=O)(=O)CCS(=O)(=O)N1CCCC1C1CCCN1. The van der Waals surface area contributed by atoms with Gasteiger partial charge in [-0.25, -0.2) is 16.8 Å². The maximum absolute atomic E-state index is 12.3. The first-order chi connectivity index (χ1) is 8.80. The van der Waals surface area contributed by atoms with Gasteiger partial charge in [0, 0.05) is 24.9 Å². The van der Waals surface area contributed by atoms with E-state index in [0.717, 1.165) is 38.5 Å². The van der Waals surface area contributed by atoms with Crippen LogP contribution in [0.5, 0.6) is 0 Å². The highest BCUT2D eigenvalue weighted by Crippen LogP contribution is 2.27. The summed E-state index contributed by atoms with van der Waals surface area (Å²) >= 11 is 0. The number of sulfone groups is 1. The van der Waals surface area contributed by atoms with Gasteiger partial charge in [-0.3, -0.25) is 0 Å². The van der Waals surface area contributed by atoms with Crippen molar-refractivity contribution in [3.05, 3.63) is 0 Å². The summed E-state index contributed by atoms with van der Waals surface area (Å²) in [6.07, 6.45) is 4.89. The second-order valence-corrected chi connectivity index (χ2v) is 9.77. The number of sulfonamides is 1. The van der Waals surface area contributed by atoms with E-state index in [0.29, 0.717) is 6.54 Å². The molecular weight excluding hydrogens is 288 g/mol. The van der Waals surface area contributed by atoms with Crippen molar-refractivity contribution >= 4 is 19.9 Å². The van der Waals surface area contributed by atoms with E-state index in [1.54, 1.807) is 0 Å². The number of hydrogen-bond donors (Lipinski definition) is 1. The second kappa shape index (κ2) is 5.67. The molecule has 0 saturated carbocycles. The summed E-state index contributed by atoms with van der Waals surface area (Å²) in [6.45, 7) is 1.47. The highest BCUT2D eigenvalue weighted by molar-refractivity contribution is 7.93. The largest absolute Gasteiger partial charge is 0.312 e. The molecule has 19 heavy (non-hydrogen) atoms. The fraction of sp³-hybridized carbons (Fsp3) is 1.00. The van der Waals surface area contributed by atoms with Crippen molar-refractivity contribution in [1.29, 1.82) is 0 Å². The van der Waals surface area contributed by atoms with Gasteiger partial charge in [0.2, 0.25) is 10.0 Å². The van der Waals surface area contributed by atoms with Crippen molar-refractivity contribution in [2.75, 3.05) is 30.9 Å². The third-order valence-electron chi connectivity index (χ3n) is 3.88. The highest BCUT2D eigenvalue weighted by atomic mass is 32.2. The first-order valence-electron chi connectivity index (χ1n) is 6.70. The predicted molar refractivity (Wildman–Crippen MR) is 74.3 cm³/mol. The molecule has 0 aromatic rings. The number of rotatable bonds is 5. The van der Waals surface area contributed by atoms with Crippen LogP contribution in [0.2, 0.25) is 0 Å². The summed E-state index contributed by atoms with van der Waals surface area (Å²) in [5.74, 6) is -0.592. The summed E-state index contributed by atoms with van der Waals surface area (Å²) in [5.41, 5.74) is 0. The fourth-order valence-corrected chi connectivity index (χ4v) is 6.29. The molecule has 112 valence electrons. The quantitative estimate of drug-likeness (QED) is 0.745. The van der Waals surface area contributed by atoms with Crippen LogP contribution in [-0.2, 0) is 19.9 Å². The molecule has 2 heterocycles. The van der Waals surface area contributed by atoms with Crippen molar-refractivity contribution in [2.24, 2.45) is 0 Å². The topological polar surface area (TPSA) is 83.5 Å². The minimum Gasteiger partial charge on any atom is -0.312 e. The van der Waals surface area contributed by atoms with Gasteiger partial charge < -0.3 is 5.32 Å². The van der Waals surface area contributed by atoms with Crippen LogP contribution in [0.4, 0.5) is 0 Å². The maximum atomic E-state index is 12.3. The van der Waals surface area contributed by atoms with Gasteiger partial charge in [0.15, 0.2) is 0 Å². The Hall–Kier alpha value is -0.180. The molecule has 0 amide bonds. The van der Waals surface area contributed by atoms with Crippen LogP contribution in [0.15, 0.2) is 0 Å². The van der Waals surface area contributed by atoms with E-state index in [9.17, 15) is 16.8 Å². The highest BCUT2D eigenvalue weighted by Gasteiger charge is 2.39. The molecule has 2 rings (SSSR count). The Bertz CT molecular complexity index is 509. The molecule has 2 saturated heterocycles. The zero-order valence-electron chi connectivity index (χ0n) is 11.2. The Morgan fingerprint density at radius 2 is 1.84 bits per heavy atom. The van der Waals surface area contributed by atoms with Crippen LogP contribution in [0.3, 0.4) is 0 Å². The van der Waals surface area contributed by atoms with Crippen molar-refractivity contribution in [3.63, 3.8) is 0 Å². The lowest BCUT2D eigenvalue weighted by Crippen LogP contribution is -2.47. The van der Waals surface area contributed by atoms with E-state index in [4.69, 9.17) is 0 Å². The summed E-state index contributed by atoms with van der Waals surface area (Å²) in [4.78, 5) is 0. The molecule has 0 aromatic carbocycles. The molecule has 1 N–H and O–H groups in total. The lowest BCUT2D eigenvalue weighted by atomic mass is 10.1. The summed E-state index contributed by atoms with van der Waals surface area (Å²) in [6, 6.07) is 0.238. The first-order valence-corrected chi connectivity index (χ1v) is 10.4. The van der Waals surface area contributed by atoms with E-state index in [1.807, 2.05) is 0 Å². The van der Waals surface area contributed by atoms with E-state index in [2.05, 4.69) is 5.32 Å². The summed E-state index contributed by atoms with van der Waals surface area (Å²) in [7, 11) is -6.71. The van der Waals surface area contributed by atoms with Gasteiger partial charge in [0.25, 0.3) is 0 Å². The van der Waals surface area contributed by atoms with Crippen molar-refractivity contribution in [1.82, 2.24) is 9.62 Å². The van der Waals surface area contributed by atoms with Gasteiger partial charge in [0.05, 0.1) is 11.5 Å². The molecule has 2 unspecified atom stereocenters. The number of hydrogen-bond acceptors (Lipinski definition) is 5. The lowest BCUT2D eigenvalue weighted by molar-refractivity contribution is 0.322. The van der Waals surface area contributed by atoms with Crippen LogP contribution >= 0.6 is 0 Å². The molecule has 0 bridgehead atoms. The molecule has 0 spiro atoms. The van der Waals surface area contributed by atoms with Crippen LogP contribution in [0.25, 0.3) is 0 Å². The third kappa shape index (κ3) is 3.90. The van der Waals surface area contributed by atoms with Gasteiger partial charge >= 0.3 is 0 Å². The normalized spacial score (nSPS) is 29.9. The molecule has 0 aromatic heterocycles. The fourth-order valence-electron chi connectivity index (χ4n) is 2.93. The van der Waals surface area contributed by atoms with Crippen LogP contribution in [0, 0.1) is 0 Å². The number of nitrogens with zero attached hydrogens (tertiary/aromatic N) is 1. The van der Waals surface area contributed by atoms with Crippen LogP contribution in [0.1, 0.15) is 25.7 Å². The smallest absolute Gasteiger partial charge is 0.215 e. The molecular formula is C11H22N2O4S2. The lowest BCUT2D eigenvalue weighted by Gasteiger charge is -2.28. The predicted octanol–water partition coefficient (Wildman–Crippen LogP) is -0.423. The van der Waals surface area contributed by atoms with Gasteiger partial charge in [0.1, 0.15) is 9.84 Å². The van der Waals surface area contributed by atoms with E-state index >= 15 is 0 Å². The molecule has 2 aliphatic heterocycles. The molecule has 2 atom stereocenters. The summed E-state index contributed by atoms with van der Waals surface area (Å²) in [5, 5.41) is 3.35. The van der Waals surface area contributed by atoms with Gasteiger partial charge in [-0.05, 0) is 32.2 Å². The van der Waals surface area contributed by atoms with Crippen LogP contribution in [-0.4, -0.2) is 64.1 Å². The average Bonchev–Trinajstić information content (AvgIpc) is 2.95. The van der Waals surface area contributed by atoms with E-state index < -0.39 is 19.9 Å². The summed E-state index contributed by atoms with van der Waals surface area (Å²) < 4.78 is 48.4. The van der Waals surface area contributed by atoms with Crippen molar-refractivity contribution in [2.45, 2.75) is 37.8 Å². The molecule has 2 aliphatic rings. The molecule has 2 fully saturated rings. The standard InChI is InChI=1S/C11H22N2O4S2/c1-18(14,15)8-9-19(16,17)13-7-3-5-11(13)10-4-2-6-12-10/h10-12H,2-9H2,1H3. The monoisotopic (exact) mass is 310 g/mol. The van der Waals surface area contributed by atoms with Gasteiger partial charge in [-0.15, -0.1) is 0 Å². The van der Waals surface area contributed by atoms with Crippen molar-refractivity contribution < 1.29 is 16.8 Å². The van der Waals surface area contributed by atoms with Crippen molar-refractivity contribution in [3.8, 4) is 0 Å². The Morgan fingerprint density at radius 3 is 2.42 bits per heavy atom. The molecule has 0 aliphatic carbocycles. The van der Waals surface area contributed by atoms with E-state index in [-0.39, 0.29) is 23.6 Å². The third-order valence-corrected chi connectivity index (χ3v) is 6.97. The molecule has 0 radical (unpaired) electrons. The second-order valence-electron chi connectivity index (χ2n) is 5.47. The molecule has 8 heteroatoms.